The van der Waals surface area contributed by atoms with Gasteiger partial charge in [-0.15, -0.1) is 0 Å². The Balaban J connectivity index is 0.00000353. The normalized spacial score (nSPS) is 23.6. The van der Waals surface area contributed by atoms with E-state index >= 15 is 0 Å². The second-order valence-electron chi connectivity index (χ2n) is 11.4. The zero-order valence-electron chi connectivity index (χ0n) is 24.4. The van der Waals surface area contributed by atoms with Crippen molar-refractivity contribution in [2.24, 2.45) is 5.92 Å². The van der Waals surface area contributed by atoms with Crippen LogP contribution in [0.3, 0.4) is 0 Å². The summed E-state index contributed by atoms with van der Waals surface area (Å²) in [5, 5.41) is 3.22. The molecule has 3 fully saturated rings. The molecule has 220 valence electrons. The van der Waals surface area contributed by atoms with Gasteiger partial charge < -0.3 is 20.0 Å². The predicted molar refractivity (Wildman–Crippen MR) is 159 cm³/mol. The Morgan fingerprint density at radius 2 is 1.76 bits per heavy atom. The van der Waals surface area contributed by atoms with E-state index in [0.717, 1.165) is 64.3 Å². The van der Waals surface area contributed by atoms with Crippen molar-refractivity contribution < 1.29 is 71.0 Å². The quantitative estimate of drug-likeness (QED) is 0.400. The van der Waals surface area contributed by atoms with Crippen LogP contribution in [0.4, 0.5) is 21.8 Å². The monoisotopic (exact) mass is 665 g/mol. The van der Waals surface area contributed by atoms with Crippen molar-refractivity contribution in [2.75, 3.05) is 56.0 Å². The molecule has 0 bridgehead atoms. The molecule has 0 amide bonds. The van der Waals surface area contributed by atoms with Gasteiger partial charge in [-0.05, 0) is 101 Å². The molecule has 9 nitrogen and oxygen atoms in total. The van der Waals surface area contributed by atoms with Gasteiger partial charge in [-0.1, -0.05) is 6.08 Å². The molecule has 3 saturated heterocycles. The summed E-state index contributed by atoms with van der Waals surface area (Å²) < 4.78 is 43.2. The molecule has 3 aliphatic heterocycles. The topological polar surface area (TPSA) is 84.9 Å². The Hall–Kier alpha value is -1.05. The third-order valence-corrected chi connectivity index (χ3v) is 10.7. The molecule has 6 rings (SSSR count). The van der Waals surface area contributed by atoms with Crippen LogP contribution in [0.1, 0.15) is 32.1 Å². The molecule has 2 aromatic rings. The molecule has 0 saturated carbocycles. The van der Waals surface area contributed by atoms with E-state index in [1.165, 1.54) is 18.9 Å². The molecular weight excluding hydrogens is 627 g/mol. The SMILES string of the molecule is [CH2-]N1CCC(N(CCN2CCCC2)S(=O)(=O)c2ccc(Nc3nccc(N4CCC5C=C(F)C=CC54)n3)cc2)CC1.[Rb+]. The zero-order valence-corrected chi connectivity index (χ0v) is 30.1. The number of hydrogen-bond acceptors (Lipinski definition) is 8. The first-order valence-corrected chi connectivity index (χ1v) is 16.1. The standard InChI is InChI=1S/C30H39FN7O2S.Rb/c1-35-17-12-26(13-18-35)38(21-20-36-15-2-3-16-36)41(39,40)27-7-5-25(6-8-27)33-30-32-14-10-29(34-30)37-19-11-23-22-24(31)4-9-28(23)37;/h4-10,14,22-23,26,28H,1-3,11-13,15-21H2,(H,32,33,34);/q-1;+1. The second kappa shape index (κ2) is 14.4. The number of halogens is 1. The predicted octanol–water partition coefficient (Wildman–Crippen LogP) is 1.18. The number of fused-ring (bicyclic) bond motifs is 1. The number of sulfonamides is 1. The molecule has 4 aliphatic rings. The minimum absolute atomic E-state index is 0. The molecule has 0 radical (unpaired) electrons. The number of likely N-dealkylation sites (tertiary alicyclic amines) is 2. The van der Waals surface area contributed by atoms with E-state index in [9.17, 15) is 12.8 Å². The number of aromatic nitrogens is 2. The third-order valence-electron chi connectivity index (χ3n) is 8.78. The number of allylic oxidation sites excluding steroid dienone is 2. The molecule has 4 heterocycles. The van der Waals surface area contributed by atoms with E-state index in [0.29, 0.717) is 23.1 Å². The Labute approximate surface area is 298 Å². The van der Waals surface area contributed by atoms with Crippen molar-refractivity contribution in [1.29, 1.82) is 0 Å². The van der Waals surface area contributed by atoms with E-state index in [-0.39, 0.29) is 82.0 Å². The molecule has 1 aromatic carbocycles. The van der Waals surface area contributed by atoms with Gasteiger partial charge in [0.05, 0.1) is 10.9 Å². The van der Waals surface area contributed by atoms with Gasteiger partial charge in [0.2, 0.25) is 16.0 Å². The van der Waals surface area contributed by atoms with Crippen LogP contribution in [0.15, 0.2) is 65.5 Å². The van der Waals surface area contributed by atoms with Gasteiger partial charge in [-0.2, -0.15) is 9.29 Å². The van der Waals surface area contributed by atoms with Crippen LogP contribution < -0.4 is 68.4 Å². The molecule has 2 unspecified atom stereocenters. The Bertz CT molecular complexity index is 1380. The van der Waals surface area contributed by atoms with Crippen molar-refractivity contribution in [1.82, 2.24) is 24.1 Å². The summed E-state index contributed by atoms with van der Waals surface area (Å²) in [6.45, 7) is 5.72. The second-order valence-corrected chi connectivity index (χ2v) is 13.3. The minimum Gasteiger partial charge on any atom is -0.459 e. The number of piperidine rings is 1. The summed E-state index contributed by atoms with van der Waals surface area (Å²) in [6.07, 6.45) is 11.6. The van der Waals surface area contributed by atoms with Gasteiger partial charge in [0, 0.05) is 43.5 Å². The minimum atomic E-state index is -3.67. The van der Waals surface area contributed by atoms with Crippen LogP contribution in [0.2, 0.25) is 0 Å². The van der Waals surface area contributed by atoms with Gasteiger partial charge in [-0.25, -0.2) is 17.8 Å². The summed E-state index contributed by atoms with van der Waals surface area (Å²) in [4.78, 5) is 15.9. The molecular formula is C30H39FN7O2RbS. The maximum atomic E-state index is 13.9. The fourth-order valence-corrected chi connectivity index (χ4v) is 8.16. The average Bonchev–Trinajstić information content (AvgIpc) is 3.64. The fraction of sp³-hybridized carbons (Fsp3) is 0.500. The Kier molecular flexibility index (Phi) is 11.1. The maximum absolute atomic E-state index is 13.9. The van der Waals surface area contributed by atoms with E-state index in [2.05, 4.69) is 27.1 Å². The van der Waals surface area contributed by atoms with E-state index in [4.69, 9.17) is 4.98 Å². The first-order valence-electron chi connectivity index (χ1n) is 14.7. The maximum Gasteiger partial charge on any atom is 1.00 e. The molecule has 1 aliphatic carbocycles. The zero-order chi connectivity index (χ0) is 28.4. The van der Waals surface area contributed by atoms with Crippen molar-refractivity contribution in [3.05, 3.63) is 67.6 Å². The first-order chi connectivity index (χ1) is 19.9. The van der Waals surface area contributed by atoms with Gasteiger partial charge in [0.25, 0.3) is 0 Å². The number of nitrogens with zero attached hydrogens (tertiary/aromatic N) is 6. The summed E-state index contributed by atoms with van der Waals surface area (Å²) in [6, 6.07) is 8.79. The van der Waals surface area contributed by atoms with Crippen LogP contribution >= 0.6 is 0 Å². The molecule has 1 N–H and O–H groups in total. The summed E-state index contributed by atoms with van der Waals surface area (Å²) >= 11 is 0. The van der Waals surface area contributed by atoms with E-state index in [1.54, 1.807) is 40.8 Å². The van der Waals surface area contributed by atoms with Gasteiger partial charge in [-0.3, -0.25) is 7.05 Å². The number of hydrogen-bond donors (Lipinski definition) is 1. The smallest absolute Gasteiger partial charge is 0.459 e. The molecule has 0 spiro atoms. The van der Waals surface area contributed by atoms with E-state index < -0.39 is 10.0 Å². The van der Waals surface area contributed by atoms with Crippen molar-refractivity contribution in [3.8, 4) is 0 Å². The molecule has 2 atom stereocenters. The van der Waals surface area contributed by atoms with Crippen LogP contribution in [0, 0.1) is 13.0 Å². The summed E-state index contributed by atoms with van der Waals surface area (Å²) in [5.41, 5.74) is 0.706. The van der Waals surface area contributed by atoms with Crippen molar-refractivity contribution in [2.45, 2.75) is 49.1 Å². The molecule has 42 heavy (non-hydrogen) atoms. The van der Waals surface area contributed by atoms with Gasteiger partial charge >= 0.3 is 58.2 Å². The van der Waals surface area contributed by atoms with Crippen molar-refractivity contribution >= 4 is 27.5 Å². The third kappa shape index (κ3) is 7.42. The van der Waals surface area contributed by atoms with Crippen molar-refractivity contribution in [3.63, 3.8) is 0 Å². The first kappa shape index (κ1) is 32.3. The van der Waals surface area contributed by atoms with Crippen LogP contribution in [-0.2, 0) is 10.0 Å². The molecule has 1 aromatic heterocycles. The van der Waals surface area contributed by atoms with E-state index in [1.807, 2.05) is 17.0 Å². The van der Waals surface area contributed by atoms with Gasteiger partial charge in [0.1, 0.15) is 11.6 Å². The fourth-order valence-electron chi connectivity index (χ4n) is 6.48. The largest absolute Gasteiger partial charge is 1.00 e. The number of rotatable bonds is 9. The van der Waals surface area contributed by atoms with Crippen LogP contribution in [-0.4, -0.2) is 90.4 Å². The summed E-state index contributed by atoms with van der Waals surface area (Å²) in [5.74, 6) is 1.16. The number of anilines is 3. The summed E-state index contributed by atoms with van der Waals surface area (Å²) in [7, 11) is 0.363. The van der Waals surface area contributed by atoms with Crippen LogP contribution in [0.5, 0.6) is 0 Å². The Morgan fingerprint density at radius 3 is 2.50 bits per heavy atom. The number of nitrogens with one attached hydrogen (secondary N) is 1. The number of benzene rings is 1. The van der Waals surface area contributed by atoms with Crippen LogP contribution in [0.25, 0.3) is 0 Å². The Morgan fingerprint density at radius 1 is 1.02 bits per heavy atom. The molecule has 12 heteroatoms. The van der Waals surface area contributed by atoms with Gasteiger partial charge in [0.15, 0.2) is 0 Å². The average molecular weight is 666 g/mol.